The Labute approximate surface area is 204 Å². The molecule has 0 aromatic heterocycles. The van der Waals surface area contributed by atoms with E-state index in [0.29, 0.717) is 24.6 Å². The lowest BCUT2D eigenvalue weighted by molar-refractivity contribution is -0.134. The molecule has 2 heterocycles. The molecular weight excluding hydrogens is 452 g/mol. The number of carboxylic acids is 2. The van der Waals surface area contributed by atoms with Crippen LogP contribution >= 0.6 is 11.8 Å². The van der Waals surface area contributed by atoms with Gasteiger partial charge in [0, 0.05) is 66.1 Å². The van der Waals surface area contributed by atoms with Crippen LogP contribution in [0.15, 0.2) is 64.4 Å². The third-order valence-electron chi connectivity index (χ3n) is 5.96. The van der Waals surface area contributed by atoms with E-state index in [1.54, 1.807) is 0 Å². The second kappa shape index (κ2) is 12.0. The van der Waals surface area contributed by atoms with Crippen molar-refractivity contribution in [2.45, 2.75) is 35.6 Å². The van der Waals surface area contributed by atoms with Gasteiger partial charge in [0.2, 0.25) is 0 Å². The summed E-state index contributed by atoms with van der Waals surface area (Å²) in [5.41, 5.74) is 3.60. The molecule has 7 nitrogen and oxygen atoms in total. The van der Waals surface area contributed by atoms with Crippen molar-refractivity contribution in [2.24, 2.45) is 0 Å². The second-order valence-electron chi connectivity index (χ2n) is 8.31. The Morgan fingerprint density at radius 1 is 0.971 bits per heavy atom. The Morgan fingerprint density at radius 2 is 1.62 bits per heavy atom. The van der Waals surface area contributed by atoms with Crippen LogP contribution < -0.4 is 0 Å². The smallest absolute Gasteiger partial charge is 0.328 e. The van der Waals surface area contributed by atoms with E-state index >= 15 is 0 Å². The fourth-order valence-electron chi connectivity index (χ4n) is 4.09. The third kappa shape index (κ3) is 6.79. The number of carboxylic acid groups (broad SMARTS) is 2. The van der Waals surface area contributed by atoms with Crippen LogP contribution in [0.3, 0.4) is 0 Å². The minimum atomic E-state index is -1.26. The van der Waals surface area contributed by atoms with E-state index in [2.05, 4.69) is 53.2 Å². The van der Waals surface area contributed by atoms with Crippen molar-refractivity contribution < 1.29 is 24.6 Å². The first-order valence-corrected chi connectivity index (χ1v) is 12.1. The van der Waals surface area contributed by atoms with Gasteiger partial charge < -0.3 is 15.1 Å². The van der Waals surface area contributed by atoms with E-state index in [0.717, 1.165) is 38.2 Å². The van der Waals surface area contributed by atoms with Crippen LogP contribution in [0.4, 0.5) is 0 Å². The van der Waals surface area contributed by atoms with Gasteiger partial charge in [0.1, 0.15) is 0 Å². The SMILES string of the molecule is CCC(=O)c1ccc2c(c1)C(N1CCN(C)CC1)Cc1ccccc1S2.O=C(O)/C=C\C(=O)O. The van der Waals surface area contributed by atoms with Gasteiger partial charge in [-0.15, -0.1) is 0 Å². The topological polar surface area (TPSA) is 98.2 Å². The summed E-state index contributed by atoms with van der Waals surface area (Å²) in [7, 11) is 2.20. The van der Waals surface area contributed by atoms with E-state index in [9.17, 15) is 14.4 Å². The van der Waals surface area contributed by atoms with Crippen molar-refractivity contribution in [3.8, 4) is 0 Å². The minimum absolute atomic E-state index is 0.233. The van der Waals surface area contributed by atoms with Crippen molar-refractivity contribution in [1.29, 1.82) is 0 Å². The molecule has 8 heteroatoms. The average Bonchev–Trinajstić information content (AvgIpc) is 2.99. The molecule has 1 unspecified atom stereocenters. The van der Waals surface area contributed by atoms with E-state index in [-0.39, 0.29) is 5.78 Å². The molecule has 0 saturated carbocycles. The molecule has 2 N–H and O–H groups in total. The van der Waals surface area contributed by atoms with Crippen LogP contribution in [-0.4, -0.2) is 71.0 Å². The van der Waals surface area contributed by atoms with Crippen molar-refractivity contribution in [3.05, 3.63) is 71.3 Å². The first-order chi connectivity index (χ1) is 16.3. The third-order valence-corrected chi connectivity index (χ3v) is 7.17. The maximum Gasteiger partial charge on any atom is 0.328 e. The lowest BCUT2D eigenvalue weighted by Crippen LogP contribution is -2.46. The fraction of sp³-hybridized carbons (Fsp3) is 0.346. The molecular formula is C26H30N2O5S. The standard InChI is InChI=1S/C22H26N2OS.C4H4O4/c1-3-20(25)16-8-9-22-18(14-16)19(24-12-10-23(2)11-13-24)15-17-6-4-5-7-21(17)26-22;5-3(6)1-2-4(7)8/h4-9,14,19H,3,10-13,15H2,1-2H3;1-2H,(H,5,6)(H,7,8)/b;2-1-. The van der Waals surface area contributed by atoms with Crippen molar-refractivity contribution in [3.63, 3.8) is 0 Å². The first-order valence-electron chi connectivity index (χ1n) is 11.3. The summed E-state index contributed by atoms with van der Waals surface area (Å²) < 4.78 is 0. The number of ketones is 1. The number of Topliss-reactive ketones (excluding diaryl/α,β-unsaturated/α-hetero) is 1. The first kappa shape index (κ1) is 25.7. The zero-order chi connectivity index (χ0) is 24.7. The fourth-order valence-corrected chi connectivity index (χ4v) is 5.21. The summed E-state index contributed by atoms with van der Waals surface area (Å²) in [5.74, 6) is -2.28. The summed E-state index contributed by atoms with van der Waals surface area (Å²) in [4.78, 5) is 39.1. The number of hydrogen-bond donors (Lipinski definition) is 2. The Hall–Kier alpha value is -2.94. The summed E-state index contributed by atoms with van der Waals surface area (Å²) in [6.45, 7) is 6.32. The molecule has 1 atom stereocenters. The highest BCUT2D eigenvalue weighted by molar-refractivity contribution is 7.99. The Bertz CT molecular complexity index is 1060. The van der Waals surface area contributed by atoms with Crippen LogP contribution in [0.5, 0.6) is 0 Å². The van der Waals surface area contributed by atoms with Crippen molar-refractivity contribution >= 4 is 29.5 Å². The van der Waals surface area contributed by atoms with E-state index in [1.807, 2.05) is 24.8 Å². The van der Waals surface area contributed by atoms with Crippen LogP contribution in [0.2, 0.25) is 0 Å². The van der Waals surface area contributed by atoms with Gasteiger partial charge in [-0.1, -0.05) is 43.0 Å². The Balaban J connectivity index is 0.000000350. The molecule has 0 amide bonds. The minimum Gasteiger partial charge on any atom is -0.478 e. The lowest BCUT2D eigenvalue weighted by atomic mass is 9.94. The molecule has 2 aliphatic rings. The highest BCUT2D eigenvalue weighted by atomic mass is 32.2. The number of aliphatic carboxylic acids is 2. The lowest BCUT2D eigenvalue weighted by Gasteiger charge is -2.38. The molecule has 1 fully saturated rings. The maximum atomic E-state index is 12.3. The summed E-state index contributed by atoms with van der Waals surface area (Å²) in [5, 5.41) is 15.6. The number of hydrogen-bond acceptors (Lipinski definition) is 6. The molecule has 0 aliphatic carbocycles. The van der Waals surface area contributed by atoms with Gasteiger partial charge in [0.25, 0.3) is 0 Å². The van der Waals surface area contributed by atoms with Crippen LogP contribution in [-0.2, 0) is 16.0 Å². The number of likely N-dealkylation sites (N-methyl/N-ethyl adjacent to an activating group) is 1. The Kier molecular flexibility index (Phi) is 9.04. The van der Waals surface area contributed by atoms with Crippen molar-refractivity contribution in [2.75, 3.05) is 33.2 Å². The number of carbonyl (C=O) groups excluding carboxylic acids is 1. The summed E-state index contributed by atoms with van der Waals surface area (Å²) in [6, 6.07) is 15.4. The average molecular weight is 483 g/mol. The molecule has 0 bridgehead atoms. The van der Waals surface area contributed by atoms with Crippen molar-refractivity contribution in [1.82, 2.24) is 9.80 Å². The van der Waals surface area contributed by atoms with Gasteiger partial charge in [0.05, 0.1) is 0 Å². The van der Waals surface area contributed by atoms with E-state index in [4.69, 9.17) is 10.2 Å². The highest BCUT2D eigenvalue weighted by Gasteiger charge is 2.29. The number of rotatable bonds is 5. The molecule has 4 rings (SSSR count). The van der Waals surface area contributed by atoms with Gasteiger partial charge in [0.15, 0.2) is 5.78 Å². The largest absolute Gasteiger partial charge is 0.478 e. The molecule has 2 aliphatic heterocycles. The number of fused-ring (bicyclic) bond motifs is 2. The summed E-state index contributed by atoms with van der Waals surface area (Å²) in [6.07, 6.45) is 2.69. The molecule has 34 heavy (non-hydrogen) atoms. The second-order valence-corrected chi connectivity index (χ2v) is 9.39. The predicted molar refractivity (Wildman–Crippen MR) is 132 cm³/mol. The van der Waals surface area contributed by atoms with E-state index in [1.165, 1.54) is 20.9 Å². The molecule has 0 radical (unpaired) electrons. The van der Waals surface area contributed by atoms with Gasteiger partial charge >= 0.3 is 11.9 Å². The monoisotopic (exact) mass is 482 g/mol. The molecule has 1 saturated heterocycles. The number of piperazine rings is 1. The van der Waals surface area contributed by atoms with Gasteiger partial charge in [-0.25, -0.2) is 9.59 Å². The molecule has 0 spiro atoms. The van der Waals surface area contributed by atoms with Gasteiger partial charge in [-0.05, 0) is 42.8 Å². The van der Waals surface area contributed by atoms with Gasteiger partial charge in [-0.2, -0.15) is 0 Å². The zero-order valence-corrected chi connectivity index (χ0v) is 20.3. The number of nitrogens with zero attached hydrogens (tertiary/aromatic N) is 2. The number of carbonyl (C=O) groups is 3. The molecule has 2 aromatic rings. The molecule has 180 valence electrons. The zero-order valence-electron chi connectivity index (χ0n) is 19.4. The quantitative estimate of drug-likeness (QED) is 0.488. The highest BCUT2D eigenvalue weighted by Crippen LogP contribution is 2.43. The normalized spacial score (nSPS) is 18.2. The van der Waals surface area contributed by atoms with E-state index < -0.39 is 11.9 Å². The van der Waals surface area contributed by atoms with Crippen LogP contribution in [0, 0.1) is 0 Å². The van der Waals surface area contributed by atoms with Gasteiger partial charge in [-0.3, -0.25) is 9.69 Å². The molecule has 2 aromatic carbocycles. The van der Waals surface area contributed by atoms with Crippen LogP contribution in [0.1, 0.15) is 40.9 Å². The number of benzene rings is 2. The van der Waals surface area contributed by atoms with Crippen LogP contribution in [0.25, 0.3) is 0 Å². The summed E-state index contributed by atoms with van der Waals surface area (Å²) >= 11 is 1.85. The predicted octanol–water partition coefficient (Wildman–Crippen LogP) is 3.99. The maximum absolute atomic E-state index is 12.3. The Morgan fingerprint density at radius 3 is 2.24 bits per heavy atom.